The van der Waals surface area contributed by atoms with Crippen LogP contribution in [0.15, 0.2) is 54.1 Å². The van der Waals surface area contributed by atoms with Crippen LogP contribution >= 0.6 is 11.6 Å². The van der Waals surface area contributed by atoms with Gasteiger partial charge < -0.3 is 0 Å². The molecule has 0 N–H and O–H groups in total. The largest absolute Gasteiger partial charge is 0.0933 e. The van der Waals surface area contributed by atoms with Crippen molar-refractivity contribution in [1.82, 2.24) is 0 Å². The maximum atomic E-state index is 5.49. The van der Waals surface area contributed by atoms with Crippen molar-refractivity contribution in [1.29, 1.82) is 0 Å². The Bertz CT molecular complexity index is 457. The topological polar surface area (TPSA) is 0 Å². The number of fused-ring (bicyclic) bond motifs is 1. The predicted octanol–water partition coefficient (Wildman–Crippen LogP) is 4.13. The first-order valence-electron chi connectivity index (χ1n) is 4.63. The second kappa shape index (κ2) is 4.30. The summed E-state index contributed by atoms with van der Waals surface area (Å²) in [6.07, 6.45) is 2.85. The van der Waals surface area contributed by atoms with Crippen molar-refractivity contribution in [2.45, 2.75) is 6.42 Å². The lowest BCUT2D eigenvalue weighted by atomic mass is 10.1. The summed E-state index contributed by atoms with van der Waals surface area (Å²) in [5, 5.41) is 2.57. The van der Waals surface area contributed by atoms with E-state index in [1.807, 2.05) is 6.08 Å². The standard InChI is InChI=1S/C13H11Cl/c14-9-3-4-11-7-8-12-5-1-2-6-13(12)10-11/h1-3,5-10H,4H2. The average molecular weight is 203 g/mol. The zero-order valence-corrected chi connectivity index (χ0v) is 8.54. The van der Waals surface area contributed by atoms with Crippen molar-refractivity contribution in [3.63, 3.8) is 0 Å². The quantitative estimate of drug-likeness (QED) is 0.687. The van der Waals surface area contributed by atoms with E-state index in [9.17, 15) is 0 Å². The Morgan fingerprint density at radius 2 is 1.79 bits per heavy atom. The van der Waals surface area contributed by atoms with Crippen molar-refractivity contribution in [3.8, 4) is 0 Å². The summed E-state index contributed by atoms with van der Waals surface area (Å²) in [6, 6.07) is 14.8. The zero-order valence-electron chi connectivity index (χ0n) is 7.78. The van der Waals surface area contributed by atoms with Gasteiger partial charge >= 0.3 is 0 Å². The van der Waals surface area contributed by atoms with E-state index in [1.54, 1.807) is 5.54 Å². The van der Waals surface area contributed by atoms with E-state index in [0.717, 1.165) is 6.42 Å². The van der Waals surface area contributed by atoms with Crippen LogP contribution in [-0.2, 0) is 6.42 Å². The van der Waals surface area contributed by atoms with Crippen LogP contribution in [-0.4, -0.2) is 0 Å². The molecule has 1 heteroatoms. The Kier molecular flexibility index (Phi) is 2.85. The first-order valence-corrected chi connectivity index (χ1v) is 5.07. The smallest absolute Gasteiger partial charge is 0.000580 e. The van der Waals surface area contributed by atoms with Gasteiger partial charge in [0.1, 0.15) is 0 Å². The molecule has 2 aromatic carbocycles. The number of hydrogen-bond donors (Lipinski definition) is 0. The minimum atomic E-state index is 0.897. The van der Waals surface area contributed by atoms with E-state index in [2.05, 4.69) is 42.5 Å². The third-order valence-corrected chi connectivity index (χ3v) is 2.43. The summed E-state index contributed by atoms with van der Waals surface area (Å²) < 4.78 is 0. The molecule has 0 aliphatic heterocycles. The molecule has 70 valence electrons. The van der Waals surface area contributed by atoms with E-state index in [1.165, 1.54) is 16.3 Å². The summed E-state index contributed by atoms with van der Waals surface area (Å²) >= 11 is 5.49. The van der Waals surface area contributed by atoms with Crippen LogP contribution < -0.4 is 0 Å². The third kappa shape index (κ3) is 1.97. The summed E-state index contributed by atoms with van der Waals surface area (Å²) in [7, 11) is 0. The van der Waals surface area contributed by atoms with Crippen LogP contribution in [0.3, 0.4) is 0 Å². The molecular weight excluding hydrogens is 192 g/mol. The maximum absolute atomic E-state index is 5.49. The molecule has 0 bridgehead atoms. The summed E-state index contributed by atoms with van der Waals surface area (Å²) in [5.41, 5.74) is 2.86. The third-order valence-electron chi connectivity index (χ3n) is 2.26. The molecule has 0 amide bonds. The molecule has 0 nitrogen and oxygen atoms in total. The van der Waals surface area contributed by atoms with Crippen LogP contribution in [0.2, 0.25) is 0 Å². The van der Waals surface area contributed by atoms with Gasteiger partial charge in [0, 0.05) is 5.54 Å². The van der Waals surface area contributed by atoms with Gasteiger partial charge in [0.2, 0.25) is 0 Å². The lowest BCUT2D eigenvalue weighted by Gasteiger charge is -2.00. The van der Waals surface area contributed by atoms with E-state index in [4.69, 9.17) is 11.6 Å². The monoisotopic (exact) mass is 202 g/mol. The highest BCUT2D eigenvalue weighted by atomic mass is 35.5. The summed E-state index contributed by atoms with van der Waals surface area (Å²) in [5.74, 6) is 0. The minimum absolute atomic E-state index is 0.897. The highest BCUT2D eigenvalue weighted by Gasteiger charge is 1.93. The summed E-state index contributed by atoms with van der Waals surface area (Å²) in [4.78, 5) is 0. The second-order valence-corrected chi connectivity index (χ2v) is 3.50. The molecule has 0 heterocycles. The highest BCUT2D eigenvalue weighted by molar-refractivity contribution is 6.25. The van der Waals surface area contributed by atoms with Crippen molar-refractivity contribution in [3.05, 3.63) is 59.6 Å². The minimum Gasteiger partial charge on any atom is -0.0933 e. The van der Waals surface area contributed by atoms with Crippen LogP contribution in [0, 0.1) is 0 Å². The van der Waals surface area contributed by atoms with Gasteiger partial charge in [0.05, 0.1) is 0 Å². The Balaban J connectivity index is 2.41. The Hall–Kier alpha value is -1.27. The van der Waals surface area contributed by atoms with Crippen LogP contribution in [0.25, 0.3) is 10.8 Å². The molecule has 0 saturated carbocycles. The fraction of sp³-hybridized carbons (Fsp3) is 0.0769. The van der Waals surface area contributed by atoms with E-state index < -0.39 is 0 Å². The van der Waals surface area contributed by atoms with Crippen LogP contribution in [0.4, 0.5) is 0 Å². The number of hydrogen-bond acceptors (Lipinski definition) is 0. The molecule has 0 unspecified atom stereocenters. The highest BCUT2D eigenvalue weighted by Crippen LogP contribution is 2.16. The van der Waals surface area contributed by atoms with Gasteiger partial charge in [0.15, 0.2) is 0 Å². The number of benzene rings is 2. The van der Waals surface area contributed by atoms with E-state index in [-0.39, 0.29) is 0 Å². The van der Waals surface area contributed by atoms with Gasteiger partial charge in [-0.3, -0.25) is 0 Å². The molecule has 2 aromatic rings. The van der Waals surface area contributed by atoms with Crippen LogP contribution in [0.1, 0.15) is 5.56 Å². The maximum Gasteiger partial charge on any atom is 0.000580 e. The Morgan fingerprint density at radius 1 is 1.00 bits per heavy atom. The van der Waals surface area contributed by atoms with Crippen molar-refractivity contribution in [2.75, 3.05) is 0 Å². The molecule has 0 aliphatic carbocycles. The van der Waals surface area contributed by atoms with Gasteiger partial charge in [-0.2, -0.15) is 0 Å². The van der Waals surface area contributed by atoms with Crippen molar-refractivity contribution < 1.29 is 0 Å². The van der Waals surface area contributed by atoms with Gasteiger partial charge in [-0.1, -0.05) is 60.1 Å². The molecule has 14 heavy (non-hydrogen) atoms. The molecule has 0 aromatic heterocycles. The normalized spacial score (nSPS) is 11.2. The fourth-order valence-corrected chi connectivity index (χ4v) is 1.64. The first-order chi connectivity index (χ1) is 6.90. The molecule has 2 rings (SSSR count). The molecule has 0 radical (unpaired) electrons. The lowest BCUT2D eigenvalue weighted by molar-refractivity contribution is 1.29. The van der Waals surface area contributed by atoms with Gasteiger partial charge in [-0.05, 0) is 22.8 Å². The number of halogens is 1. The molecule has 0 spiro atoms. The number of allylic oxidation sites excluding steroid dienone is 1. The zero-order chi connectivity index (χ0) is 9.80. The molecule has 0 aliphatic rings. The second-order valence-electron chi connectivity index (χ2n) is 3.25. The summed E-state index contributed by atoms with van der Waals surface area (Å²) in [6.45, 7) is 0. The Morgan fingerprint density at radius 3 is 2.57 bits per heavy atom. The van der Waals surface area contributed by atoms with Gasteiger partial charge in [-0.25, -0.2) is 0 Å². The fourth-order valence-electron chi connectivity index (χ4n) is 1.55. The number of rotatable bonds is 2. The molecule has 0 saturated heterocycles. The first kappa shape index (κ1) is 9.29. The average Bonchev–Trinajstić information content (AvgIpc) is 2.26. The van der Waals surface area contributed by atoms with Gasteiger partial charge in [-0.15, -0.1) is 0 Å². The van der Waals surface area contributed by atoms with Crippen molar-refractivity contribution in [2.24, 2.45) is 0 Å². The molecule has 0 fully saturated rings. The predicted molar refractivity (Wildman–Crippen MR) is 62.6 cm³/mol. The van der Waals surface area contributed by atoms with Crippen LogP contribution in [0.5, 0.6) is 0 Å². The van der Waals surface area contributed by atoms with Crippen molar-refractivity contribution >= 4 is 22.4 Å². The molecular formula is C13H11Cl. The van der Waals surface area contributed by atoms with E-state index >= 15 is 0 Å². The SMILES string of the molecule is ClC=CCc1ccc2ccccc2c1. The lowest BCUT2D eigenvalue weighted by Crippen LogP contribution is -1.80. The Labute approximate surface area is 88.8 Å². The molecule has 0 atom stereocenters. The van der Waals surface area contributed by atoms with E-state index in [0.29, 0.717) is 0 Å². The van der Waals surface area contributed by atoms with Gasteiger partial charge in [0.25, 0.3) is 0 Å².